The molecule has 4 aromatic heterocycles. The van der Waals surface area contributed by atoms with Gasteiger partial charge in [-0.3, -0.25) is 19.9 Å². The van der Waals surface area contributed by atoms with Crippen LogP contribution in [0.15, 0.2) is 42.9 Å². The minimum atomic E-state index is 0.718. The van der Waals surface area contributed by atoms with E-state index in [4.69, 9.17) is 4.98 Å². The maximum atomic E-state index is 4.83. The monoisotopic (exact) mass is 355 g/mol. The van der Waals surface area contributed by atoms with Crippen LogP contribution in [0.2, 0.25) is 0 Å². The predicted molar refractivity (Wildman–Crippen MR) is 103 cm³/mol. The third kappa shape index (κ3) is 2.68. The van der Waals surface area contributed by atoms with E-state index in [0.29, 0.717) is 0 Å². The van der Waals surface area contributed by atoms with Gasteiger partial charge < -0.3 is 0 Å². The number of pyridine rings is 1. The first-order valence-electron chi connectivity index (χ1n) is 8.86. The van der Waals surface area contributed by atoms with Crippen molar-refractivity contribution >= 4 is 27.6 Å². The van der Waals surface area contributed by atoms with Gasteiger partial charge in [-0.15, -0.1) is 0 Å². The molecular formula is C20H17N7. The fourth-order valence-electron chi connectivity index (χ4n) is 3.28. The van der Waals surface area contributed by atoms with Crippen LogP contribution < -0.4 is 0 Å². The average molecular weight is 355 g/mol. The van der Waals surface area contributed by atoms with Crippen LogP contribution in [0.3, 0.4) is 0 Å². The molecule has 0 spiro atoms. The SMILES string of the molecule is Cc1ncc(C)n2nc(CCc3ccc4ccc5nccnc5c4n3)nc12. The van der Waals surface area contributed by atoms with Gasteiger partial charge in [0.25, 0.3) is 0 Å². The molecule has 7 heteroatoms. The van der Waals surface area contributed by atoms with Crippen molar-refractivity contribution in [2.45, 2.75) is 26.7 Å². The summed E-state index contributed by atoms with van der Waals surface area (Å²) in [5.41, 5.74) is 6.24. The lowest BCUT2D eigenvalue weighted by atomic mass is 10.1. The smallest absolute Gasteiger partial charge is 0.177 e. The number of hydrogen-bond donors (Lipinski definition) is 0. The molecule has 5 rings (SSSR count). The van der Waals surface area contributed by atoms with Crippen molar-refractivity contribution in [3.8, 4) is 0 Å². The molecule has 0 amide bonds. The Morgan fingerprint density at radius 3 is 2.59 bits per heavy atom. The second kappa shape index (κ2) is 6.05. The van der Waals surface area contributed by atoms with Crippen LogP contribution >= 0.6 is 0 Å². The van der Waals surface area contributed by atoms with E-state index < -0.39 is 0 Å². The molecule has 132 valence electrons. The van der Waals surface area contributed by atoms with Gasteiger partial charge in [-0.05, 0) is 32.4 Å². The summed E-state index contributed by atoms with van der Waals surface area (Å²) in [6.07, 6.45) is 6.70. The van der Waals surface area contributed by atoms with Crippen LogP contribution in [0.25, 0.3) is 27.6 Å². The Morgan fingerprint density at radius 1 is 0.852 bits per heavy atom. The highest BCUT2D eigenvalue weighted by Crippen LogP contribution is 2.21. The molecule has 0 radical (unpaired) electrons. The van der Waals surface area contributed by atoms with Gasteiger partial charge in [-0.2, -0.15) is 5.10 Å². The molecule has 0 aliphatic carbocycles. The van der Waals surface area contributed by atoms with Crippen LogP contribution in [0.5, 0.6) is 0 Å². The number of nitrogens with zero attached hydrogens (tertiary/aromatic N) is 7. The summed E-state index contributed by atoms with van der Waals surface area (Å²) in [5.74, 6) is 0.800. The Kier molecular flexibility index (Phi) is 3.53. The standard InChI is InChI=1S/C20H17N7/c1-12-11-23-13(2)20-25-17(26-27(12)20)8-6-15-5-3-14-4-7-16-19(18(14)24-15)22-10-9-21-16/h3-5,7,9-11H,6,8H2,1-2H3. The zero-order valence-corrected chi connectivity index (χ0v) is 15.1. The van der Waals surface area contributed by atoms with E-state index in [1.807, 2.05) is 36.7 Å². The Labute approximate surface area is 155 Å². The number of aryl methyl sites for hydroxylation is 4. The fraction of sp³-hybridized carbons (Fsp3) is 0.200. The van der Waals surface area contributed by atoms with Gasteiger partial charge in [0, 0.05) is 36.1 Å². The van der Waals surface area contributed by atoms with Crippen molar-refractivity contribution in [3.63, 3.8) is 0 Å². The third-order valence-electron chi connectivity index (χ3n) is 4.71. The lowest BCUT2D eigenvalue weighted by Crippen LogP contribution is -1.99. The highest BCUT2D eigenvalue weighted by molar-refractivity contribution is 6.00. The summed E-state index contributed by atoms with van der Waals surface area (Å²) in [6, 6.07) is 8.15. The number of benzene rings is 1. The van der Waals surface area contributed by atoms with Crippen molar-refractivity contribution in [3.05, 3.63) is 65.8 Å². The molecule has 0 N–H and O–H groups in total. The lowest BCUT2D eigenvalue weighted by Gasteiger charge is -2.04. The first kappa shape index (κ1) is 15.7. The maximum absolute atomic E-state index is 4.83. The highest BCUT2D eigenvalue weighted by atomic mass is 15.3. The number of fused-ring (bicyclic) bond motifs is 4. The molecule has 0 atom stereocenters. The van der Waals surface area contributed by atoms with Crippen molar-refractivity contribution in [1.29, 1.82) is 0 Å². The zero-order valence-electron chi connectivity index (χ0n) is 15.1. The van der Waals surface area contributed by atoms with E-state index in [1.165, 1.54) is 0 Å². The van der Waals surface area contributed by atoms with E-state index in [9.17, 15) is 0 Å². The van der Waals surface area contributed by atoms with Gasteiger partial charge in [0.1, 0.15) is 5.52 Å². The normalized spacial score (nSPS) is 11.6. The van der Waals surface area contributed by atoms with Crippen LogP contribution in [0, 0.1) is 13.8 Å². The van der Waals surface area contributed by atoms with Crippen LogP contribution in [-0.4, -0.2) is 34.5 Å². The maximum Gasteiger partial charge on any atom is 0.177 e. The predicted octanol–water partition coefficient (Wildman–Crippen LogP) is 3.02. The van der Waals surface area contributed by atoms with Crippen molar-refractivity contribution in [2.75, 3.05) is 0 Å². The zero-order chi connectivity index (χ0) is 18.4. The summed E-state index contributed by atoms with van der Waals surface area (Å²) >= 11 is 0. The molecule has 27 heavy (non-hydrogen) atoms. The Bertz CT molecular complexity index is 1270. The molecule has 0 unspecified atom stereocenters. The Balaban J connectivity index is 1.49. The molecule has 0 aliphatic rings. The third-order valence-corrected chi connectivity index (χ3v) is 4.71. The van der Waals surface area contributed by atoms with Crippen LogP contribution in [0.1, 0.15) is 22.9 Å². The molecule has 0 fully saturated rings. The Morgan fingerprint density at radius 2 is 1.70 bits per heavy atom. The molecule has 0 saturated heterocycles. The molecule has 5 aromatic rings. The average Bonchev–Trinajstić information content (AvgIpc) is 3.15. The summed E-state index contributed by atoms with van der Waals surface area (Å²) in [5, 5.41) is 5.68. The molecule has 1 aromatic carbocycles. The first-order valence-corrected chi connectivity index (χ1v) is 8.86. The number of aromatic nitrogens is 7. The van der Waals surface area contributed by atoms with E-state index in [1.54, 1.807) is 12.4 Å². The van der Waals surface area contributed by atoms with E-state index in [2.05, 4.69) is 37.2 Å². The van der Waals surface area contributed by atoms with Gasteiger partial charge in [0.15, 0.2) is 11.5 Å². The second-order valence-corrected chi connectivity index (χ2v) is 6.61. The molecule has 0 bridgehead atoms. The van der Waals surface area contributed by atoms with E-state index >= 15 is 0 Å². The minimum absolute atomic E-state index is 0.718. The summed E-state index contributed by atoms with van der Waals surface area (Å²) in [4.78, 5) is 22.6. The van der Waals surface area contributed by atoms with E-state index in [-0.39, 0.29) is 0 Å². The van der Waals surface area contributed by atoms with Crippen molar-refractivity contribution < 1.29 is 0 Å². The van der Waals surface area contributed by atoms with Crippen LogP contribution in [0.4, 0.5) is 0 Å². The number of hydrogen-bond acceptors (Lipinski definition) is 6. The van der Waals surface area contributed by atoms with Gasteiger partial charge in [-0.25, -0.2) is 9.50 Å². The van der Waals surface area contributed by atoms with Gasteiger partial charge in [-0.1, -0.05) is 12.1 Å². The van der Waals surface area contributed by atoms with Crippen molar-refractivity contribution in [2.24, 2.45) is 0 Å². The van der Waals surface area contributed by atoms with Gasteiger partial charge in [0.05, 0.1) is 22.4 Å². The van der Waals surface area contributed by atoms with Gasteiger partial charge >= 0.3 is 0 Å². The van der Waals surface area contributed by atoms with Gasteiger partial charge in [0.2, 0.25) is 0 Å². The summed E-state index contributed by atoms with van der Waals surface area (Å²) in [7, 11) is 0. The molecular weight excluding hydrogens is 338 g/mol. The molecule has 4 heterocycles. The van der Waals surface area contributed by atoms with Crippen LogP contribution in [-0.2, 0) is 12.8 Å². The highest BCUT2D eigenvalue weighted by Gasteiger charge is 2.10. The quantitative estimate of drug-likeness (QED) is 0.463. The minimum Gasteiger partial charge on any atom is -0.256 e. The lowest BCUT2D eigenvalue weighted by molar-refractivity contribution is 0.808. The second-order valence-electron chi connectivity index (χ2n) is 6.61. The van der Waals surface area contributed by atoms with E-state index in [0.717, 1.165) is 63.3 Å². The van der Waals surface area contributed by atoms with Crippen molar-refractivity contribution in [1.82, 2.24) is 34.5 Å². The summed E-state index contributed by atoms with van der Waals surface area (Å²) in [6.45, 7) is 3.93. The molecule has 7 nitrogen and oxygen atoms in total. The molecule has 0 aliphatic heterocycles. The first-order chi connectivity index (χ1) is 13.2. The number of rotatable bonds is 3. The fourth-order valence-corrected chi connectivity index (χ4v) is 3.28. The summed E-state index contributed by atoms with van der Waals surface area (Å²) < 4.78 is 1.86. The Hall–Kier alpha value is -3.48. The topological polar surface area (TPSA) is 81.8 Å². The largest absolute Gasteiger partial charge is 0.256 e. The molecule has 0 saturated carbocycles.